The minimum Gasteiger partial charge on any atom is -0.388 e. The number of aliphatic hydroxyl groups is 1. The van der Waals surface area contributed by atoms with E-state index in [1.807, 2.05) is 11.8 Å². The number of piperazine rings is 1. The van der Waals surface area contributed by atoms with Gasteiger partial charge in [0, 0.05) is 45.8 Å². The molecule has 7 nitrogen and oxygen atoms in total. The molecule has 1 aliphatic carbocycles. The van der Waals surface area contributed by atoms with Crippen LogP contribution in [0.4, 0.5) is 0 Å². The number of guanidine groups is 1. The van der Waals surface area contributed by atoms with Crippen molar-refractivity contribution in [2.24, 2.45) is 4.99 Å². The van der Waals surface area contributed by atoms with Gasteiger partial charge in [-0.3, -0.25) is 14.7 Å². The van der Waals surface area contributed by atoms with Crippen LogP contribution in [0.15, 0.2) is 4.99 Å². The van der Waals surface area contributed by atoms with E-state index in [1.54, 1.807) is 0 Å². The molecular formula is C20H37N5O2. The summed E-state index contributed by atoms with van der Waals surface area (Å²) in [6, 6.07) is -0.0380. The number of likely N-dealkylation sites (tertiary alicyclic amines) is 1. The van der Waals surface area contributed by atoms with E-state index in [4.69, 9.17) is 4.99 Å². The van der Waals surface area contributed by atoms with Crippen LogP contribution in [0.1, 0.15) is 52.4 Å². The molecule has 0 bridgehead atoms. The Morgan fingerprint density at radius 3 is 2.26 bits per heavy atom. The van der Waals surface area contributed by atoms with E-state index >= 15 is 0 Å². The van der Waals surface area contributed by atoms with Gasteiger partial charge in [-0.15, -0.1) is 0 Å². The molecule has 2 heterocycles. The van der Waals surface area contributed by atoms with E-state index in [2.05, 4.69) is 22.0 Å². The molecule has 0 aromatic carbocycles. The summed E-state index contributed by atoms with van der Waals surface area (Å²) in [7, 11) is 0. The zero-order valence-corrected chi connectivity index (χ0v) is 17.1. The van der Waals surface area contributed by atoms with E-state index in [1.165, 1.54) is 0 Å². The number of nitrogens with zero attached hydrogens (tertiary/aromatic N) is 4. The van der Waals surface area contributed by atoms with Crippen molar-refractivity contribution in [1.82, 2.24) is 20.0 Å². The van der Waals surface area contributed by atoms with Crippen LogP contribution in [-0.2, 0) is 4.79 Å². The molecule has 0 aromatic rings. The first-order valence-corrected chi connectivity index (χ1v) is 10.8. The largest absolute Gasteiger partial charge is 0.388 e. The molecular weight excluding hydrogens is 342 g/mol. The van der Waals surface area contributed by atoms with Crippen molar-refractivity contribution in [3.05, 3.63) is 0 Å². The first-order chi connectivity index (χ1) is 13.0. The highest BCUT2D eigenvalue weighted by molar-refractivity contribution is 5.82. The molecule has 2 aliphatic heterocycles. The van der Waals surface area contributed by atoms with Crippen LogP contribution < -0.4 is 5.32 Å². The molecule has 1 saturated carbocycles. The number of aliphatic imine (C=N–C) groups is 1. The monoisotopic (exact) mass is 379 g/mol. The zero-order chi connectivity index (χ0) is 19.3. The highest BCUT2D eigenvalue weighted by Gasteiger charge is 2.32. The van der Waals surface area contributed by atoms with E-state index in [0.29, 0.717) is 6.54 Å². The third-order valence-corrected chi connectivity index (χ3v) is 6.33. The van der Waals surface area contributed by atoms with Gasteiger partial charge in [0.2, 0.25) is 5.91 Å². The Bertz CT molecular complexity index is 518. The number of carbonyl (C=O) groups excluding carboxylic acids is 1. The Balaban J connectivity index is 1.53. The van der Waals surface area contributed by atoms with Crippen molar-refractivity contribution in [2.45, 2.75) is 64.0 Å². The molecule has 3 aliphatic rings. The van der Waals surface area contributed by atoms with Crippen molar-refractivity contribution >= 4 is 11.9 Å². The molecule has 1 atom stereocenters. The maximum Gasteiger partial charge on any atom is 0.239 e. The minimum atomic E-state index is -0.612. The van der Waals surface area contributed by atoms with Crippen molar-refractivity contribution in [3.63, 3.8) is 0 Å². The third kappa shape index (κ3) is 5.13. The van der Waals surface area contributed by atoms with Crippen LogP contribution in [0.2, 0.25) is 0 Å². The smallest absolute Gasteiger partial charge is 0.239 e. The average Bonchev–Trinajstić information content (AvgIpc) is 3.36. The SMILES string of the molecule is CCNC(=NCC1(O)CCCC1)N1CCN(C(C)C(=O)N2CCCC2)CC1. The first kappa shape index (κ1) is 20.4. The Morgan fingerprint density at radius 1 is 1.04 bits per heavy atom. The fourth-order valence-electron chi connectivity index (χ4n) is 4.52. The molecule has 2 saturated heterocycles. The van der Waals surface area contributed by atoms with Crippen molar-refractivity contribution in [3.8, 4) is 0 Å². The summed E-state index contributed by atoms with van der Waals surface area (Å²) in [6.07, 6.45) is 6.20. The maximum atomic E-state index is 12.7. The van der Waals surface area contributed by atoms with Crippen molar-refractivity contribution < 1.29 is 9.90 Å². The highest BCUT2D eigenvalue weighted by Crippen LogP contribution is 2.29. The molecule has 3 rings (SSSR count). The highest BCUT2D eigenvalue weighted by atomic mass is 16.3. The predicted molar refractivity (Wildman–Crippen MR) is 108 cm³/mol. The van der Waals surface area contributed by atoms with Gasteiger partial charge in [0.05, 0.1) is 18.2 Å². The Kier molecular flexibility index (Phi) is 6.98. The zero-order valence-electron chi connectivity index (χ0n) is 17.1. The van der Waals surface area contributed by atoms with Crippen LogP contribution in [-0.4, -0.2) is 95.7 Å². The van der Waals surface area contributed by atoms with E-state index in [9.17, 15) is 9.90 Å². The Morgan fingerprint density at radius 2 is 1.67 bits per heavy atom. The Labute approximate surface area is 163 Å². The van der Waals surface area contributed by atoms with Crippen molar-refractivity contribution in [1.29, 1.82) is 0 Å². The van der Waals surface area contributed by atoms with Gasteiger partial charge >= 0.3 is 0 Å². The molecule has 27 heavy (non-hydrogen) atoms. The van der Waals surface area contributed by atoms with Crippen LogP contribution in [0.5, 0.6) is 0 Å². The van der Waals surface area contributed by atoms with E-state index < -0.39 is 5.60 Å². The van der Waals surface area contributed by atoms with Gasteiger partial charge in [0.25, 0.3) is 0 Å². The summed E-state index contributed by atoms with van der Waals surface area (Å²) in [6.45, 7) is 10.7. The molecule has 7 heteroatoms. The topological polar surface area (TPSA) is 71.4 Å². The van der Waals surface area contributed by atoms with Gasteiger partial charge in [-0.1, -0.05) is 12.8 Å². The quantitative estimate of drug-likeness (QED) is 0.548. The van der Waals surface area contributed by atoms with Crippen LogP contribution in [0.3, 0.4) is 0 Å². The fourth-order valence-corrected chi connectivity index (χ4v) is 4.52. The van der Waals surface area contributed by atoms with Gasteiger partial charge in [-0.25, -0.2) is 0 Å². The van der Waals surface area contributed by atoms with Gasteiger partial charge < -0.3 is 20.2 Å². The molecule has 0 radical (unpaired) electrons. The lowest BCUT2D eigenvalue weighted by Gasteiger charge is -2.39. The number of hydrogen-bond donors (Lipinski definition) is 2. The van der Waals surface area contributed by atoms with Crippen LogP contribution in [0.25, 0.3) is 0 Å². The Hall–Kier alpha value is -1.34. The summed E-state index contributed by atoms with van der Waals surface area (Å²) >= 11 is 0. The van der Waals surface area contributed by atoms with Gasteiger partial charge in [-0.05, 0) is 39.5 Å². The molecule has 154 valence electrons. The number of carbonyl (C=O) groups is 1. The number of nitrogens with one attached hydrogen (secondary N) is 1. The molecule has 1 amide bonds. The summed E-state index contributed by atoms with van der Waals surface area (Å²) < 4.78 is 0. The standard InChI is InChI=1S/C20H37N5O2/c1-3-21-19(22-16-20(27)8-4-5-9-20)25-14-12-23(13-15-25)17(2)18(26)24-10-6-7-11-24/h17,27H,3-16H2,1-2H3,(H,21,22). The second kappa shape index (κ2) is 9.24. The summed E-state index contributed by atoms with van der Waals surface area (Å²) in [4.78, 5) is 24.0. The molecule has 1 unspecified atom stereocenters. The van der Waals surface area contributed by atoms with E-state index in [-0.39, 0.29) is 11.9 Å². The average molecular weight is 380 g/mol. The summed E-state index contributed by atoms with van der Waals surface area (Å²) in [5.41, 5.74) is -0.612. The first-order valence-electron chi connectivity index (χ1n) is 10.8. The maximum absolute atomic E-state index is 12.7. The molecule has 3 fully saturated rings. The van der Waals surface area contributed by atoms with Crippen LogP contribution >= 0.6 is 0 Å². The summed E-state index contributed by atoms with van der Waals surface area (Å²) in [5, 5.41) is 14.0. The van der Waals surface area contributed by atoms with Gasteiger partial charge in [0.1, 0.15) is 0 Å². The van der Waals surface area contributed by atoms with Crippen molar-refractivity contribution in [2.75, 3.05) is 52.4 Å². The van der Waals surface area contributed by atoms with Crippen LogP contribution in [0, 0.1) is 0 Å². The number of rotatable bonds is 5. The summed E-state index contributed by atoms with van der Waals surface area (Å²) in [5.74, 6) is 1.18. The minimum absolute atomic E-state index is 0.0380. The number of amides is 1. The third-order valence-electron chi connectivity index (χ3n) is 6.33. The molecule has 0 spiro atoms. The van der Waals surface area contributed by atoms with E-state index in [0.717, 1.165) is 90.3 Å². The lowest BCUT2D eigenvalue weighted by atomic mass is 10.0. The fraction of sp³-hybridized carbons (Fsp3) is 0.900. The lowest BCUT2D eigenvalue weighted by molar-refractivity contribution is -0.135. The lowest BCUT2D eigenvalue weighted by Crippen LogP contribution is -2.57. The second-order valence-corrected chi connectivity index (χ2v) is 8.33. The number of hydrogen-bond acceptors (Lipinski definition) is 4. The molecule has 2 N–H and O–H groups in total. The second-order valence-electron chi connectivity index (χ2n) is 8.33. The van der Waals surface area contributed by atoms with Gasteiger partial charge in [-0.2, -0.15) is 0 Å². The predicted octanol–water partition coefficient (Wildman–Crippen LogP) is 0.886. The normalized spacial score (nSPS) is 25.1. The van der Waals surface area contributed by atoms with Gasteiger partial charge in [0.15, 0.2) is 5.96 Å². The molecule has 0 aromatic heterocycles.